The van der Waals surface area contributed by atoms with Gasteiger partial charge in [-0.15, -0.1) is 0 Å². The van der Waals surface area contributed by atoms with Crippen LogP contribution in [-0.2, 0) is 38.8 Å². The van der Waals surface area contributed by atoms with Crippen molar-refractivity contribution in [2.24, 2.45) is 0 Å². The largest absolute Gasteiger partial charge is 0.465 e. The highest BCUT2D eigenvalue weighted by Gasteiger charge is 2.41. The van der Waals surface area contributed by atoms with Gasteiger partial charge in [0.05, 0.1) is 32.5 Å². The number of hydrogen-bond donors (Lipinski definition) is 0. The van der Waals surface area contributed by atoms with Crippen molar-refractivity contribution < 1.29 is 23.7 Å². The second-order valence-electron chi connectivity index (χ2n) is 9.37. The first-order valence-electron chi connectivity index (χ1n) is 13.1. The molecule has 0 unspecified atom stereocenters. The number of ether oxygens (including phenoxy) is 5. The second kappa shape index (κ2) is 13.9. The lowest BCUT2D eigenvalue weighted by atomic mass is 10.0. The van der Waals surface area contributed by atoms with Gasteiger partial charge in [-0.2, -0.15) is 0 Å². The van der Waals surface area contributed by atoms with Gasteiger partial charge in [0.15, 0.2) is 0 Å². The van der Waals surface area contributed by atoms with Crippen molar-refractivity contribution in [3.8, 4) is 5.75 Å². The van der Waals surface area contributed by atoms with Crippen molar-refractivity contribution in [3.05, 3.63) is 138 Å². The zero-order valence-corrected chi connectivity index (χ0v) is 21.4. The van der Waals surface area contributed by atoms with E-state index in [1.54, 1.807) is 0 Å². The summed E-state index contributed by atoms with van der Waals surface area (Å²) >= 11 is 0. The van der Waals surface area contributed by atoms with Crippen LogP contribution in [-0.4, -0.2) is 31.2 Å². The maximum atomic E-state index is 6.50. The molecule has 0 aromatic heterocycles. The van der Waals surface area contributed by atoms with Gasteiger partial charge < -0.3 is 23.7 Å². The summed E-state index contributed by atoms with van der Waals surface area (Å²) in [5, 5.41) is 0. The van der Waals surface area contributed by atoms with Crippen LogP contribution in [0.2, 0.25) is 0 Å². The smallest absolute Gasteiger partial charge is 0.202 e. The zero-order chi connectivity index (χ0) is 25.8. The normalized spacial score (nSPS) is 21.2. The van der Waals surface area contributed by atoms with E-state index in [4.69, 9.17) is 23.7 Å². The molecule has 1 heterocycles. The molecule has 5 nitrogen and oxygen atoms in total. The molecule has 1 aliphatic rings. The molecule has 1 saturated heterocycles. The summed E-state index contributed by atoms with van der Waals surface area (Å²) in [5.74, 6) is 0.756. The highest BCUT2D eigenvalue weighted by molar-refractivity contribution is 5.21. The van der Waals surface area contributed by atoms with Crippen molar-refractivity contribution in [2.45, 2.75) is 50.8 Å². The predicted molar refractivity (Wildman–Crippen MR) is 146 cm³/mol. The summed E-state index contributed by atoms with van der Waals surface area (Å²) in [4.78, 5) is 0. The third-order valence-electron chi connectivity index (χ3n) is 6.48. The van der Waals surface area contributed by atoms with Gasteiger partial charge >= 0.3 is 0 Å². The third-order valence-corrected chi connectivity index (χ3v) is 6.48. The van der Waals surface area contributed by atoms with E-state index in [1.807, 2.05) is 84.9 Å². The molecule has 196 valence electrons. The molecule has 4 aromatic rings. The van der Waals surface area contributed by atoms with Gasteiger partial charge in [0.2, 0.25) is 6.29 Å². The molecule has 0 bridgehead atoms. The fourth-order valence-electron chi connectivity index (χ4n) is 4.54. The predicted octanol–water partition coefficient (Wildman–Crippen LogP) is 6.57. The summed E-state index contributed by atoms with van der Waals surface area (Å²) in [5.41, 5.74) is 3.32. The van der Waals surface area contributed by atoms with E-state index in [1.165, 1.54) is 0 Å². The number of rotatable bonds is 12. The maximum Gasteiger partial charge on any atom is 0.202 e. The van der Waals surface area contributed by atoms with Gasteiger partial charge in [-0.1, -0.05) is 109 Å². The molecule has 5 rings (SSSR count). The molecule has 4 atom stereocenters. The van der Waals surface area contributed by atoms with Gasteiger partial charge in [-0.3, -0.25) is 0 Å². The number of para-hydroxylation sites is 1. The highest BCUT2D eigenvalue weighted by atomic mass is 16.7. The molecule has 0 spiro atoms. The lowest BCUT2D eigenvalue weighted by Gasteiger charge is -2.41. The molecule has 5 heteroatoms. The van der Waals surface area contributed by atoms with Crippen molar-refractivity contribution in [2.75, 3.05) is 6.61 Å². The second-order valence-corrected chi connectivity index (χ2v) is 9.37. The summed E-state index contributed by atoms with van der Waals surface area (Å²) in [7, 11) is 0. The third kappa shape index (κ3) is 7.76. The lowest BCUT2D eigenvalue weighted by Crippen LogP contribution is -2.53. The zero-order valence-electron chi connectivity index (χ0n) is 21.4. The molecule has 0 radical (unpaired) electrons. The Kier molecular flexibility index (Phi) is 9.55. The molecule has 0 amide bonds. The Morgan fingerprint density at radius 2 is 1.08 bits per heavy atom. The van der Waals surface area contributed by atoms with E-state index in [0.717, 1.165) is 22.4 Å². The van der Waals surface area contributed by atoms with Crippen LogP contribution in [0, 0.1) is 0 Å². The summed E-state index contributed by atoms with van der Waals surface area (Å²) < 4.78 is 31.8. The lowest BCUT2D eigenvalue weighted by molar-refractivity contribution is -0.257. The average molecular weight is 511 g/mol. The van der Waals surface area contributed by atoms with E-state index in [9.17, 15) is 0 Å². The fraction of sp³-hybridized carbons (Fsp3) is 0.273. The van der Waals surface area contributed by atoms with Crippen LogP contribution in [0.5, 0.6) is 5.75 Å². The van der Waals surface area contributed by atoms with Crippen molar-refractivity contribution in [3.63, 3.8) is 0 Å². The first-order chi connectivity index (χ1) is 18.8. The van der Waals surface area contributed by atoms with Crippen LogP contribution in [0.3, 0.4) is 0 Å². The Balaban J connectivity index is 1.33. The quantitative estimate of drug-likeness (QED) is 0.216. The molecule has 1 fully saturated rings. The molecule has 0 saturated carbocycles. The SMILES string of the molecule is c1ccc(COC[C@H]2O[C@@H](Oc3ccccc3)C[C@@H](OCc3ccccc3)[C@@H]2OCc2ccccc2)cc1. The first kappa shape index (κ1) is 26.1. The minimum absolute atomic E-state index is 0.244. The van der Waals surface area contributed by atoms with Crippen molar-refractivity contribution in [1.29, 1.82) is 0 Å². The van der Waals surface area contributed by atoms with E-state index in [-0.39, 0.29) is 18.3 Å². The molecule has 1 aliphatic heterocycles. The van der Waals surface area contributed by atoms with E-state index >= 15 is 0 Å². The topological polar surface area (TPSA) is 46.2 Å². The van der Waals surface area contributed by atoms with Crippen molar-refractivity contribution in [1.82, 2.24) is 0 Å². The molecule has 4 aromatic carbocycles. The highest BCUT2D eigenvalue weighted by Crippen LogP contribution is 2.29. The first-order valence-corrected chi connectivity index (χ1v) is 13.1. The molecular weight excluding hydrogens is 476 g/mol. The van der Waals surface area contributed by atoms with Gasteiger partial charge in [-0.25, -0.2) is 0 Å². The van der Waals surface area contributed by atoms with E-state index in [2.05, 4.69) is 36.4 Å². The number of benzene rings is 4. The summed E-state index contributed by atoms with van der Waals surface area (Å²) in [6.45, 7) is 1.78. The van der Waals surface area contributed by atoms with Crippen LogP contribution in [0.1, 0.15) is 23.1 Å². The van der Waals surface area contributed by atoms with Crippen LogP contribution in [0.25, 0.3) is 0 Å². The average Bonchev–Trinajstić information content (AvgIpc) is 2.98. The van der Waals surface area contributed by atoms with Crippen LogP contribution in [0.4, 0.5) is 0 Å². The van der Waals surface area contributed by atoms with Gasteiger partial charge in [0.25, 0.3) is 0 Å². The van der Waals surface area contributed by atoms with Gasteiger partial charge in [0, 0.05) is 6.42 Å². The Morgan fingerprint density at radius 1 is 0.579 bits per heavy atom. The maximum absolute atomic E-state index is 6.50. The van der Waals surface area contributed by atoms with Crippen LogP contribution in [0.15, 0.2) is 121 Å². The number of hydrogen-bond acceptors (Lipinski definition) is 5. The Hall–Kier alpha value is -3.48. The van der Waals surface area contributed by atoms with Gasteiger partial charge in [0.1, 0.15) is 18.0 Å². The van der Waals surface area contributed by atoms with E-state index < -0.39 is 6.29 Å². The van der Waals surface area contributed by atoms with Gasteiger partial charge in [-0.05, 0) is 28.8 Å². The van der Waals surface area contributed by atoms with E-state index in [0.29, 0.717) is 32.8 Å². The summed E-state index contributed by atoms with van der Waals surface area (Å²) in [6.07, 6.45) is -0.890. The van der Waals surface area contributed by atoms with Crippen LogP contribution >= 0.6 is 0 Å². The Morgan fingerprint density at radius 3 is 1.66 bits per heavy atom. The Bertz CT molecular complexity index is 1190. The standard InChI is InChI=1S/C33H34O5/c1-5-13-26(14-6-1)22-34-25-31-33(36-24-28-17-9-3-10-18-28)30(35-23-27-15-7-2-8-16-27)21-32(38-31)37-29-19-11-4-12-20-29/h1-20,30-33H,21-25H2/t30-,31-,32-,33+/m1/s1. The minimum atomic E-state index is -0.486. The molecular formula is C33H34O5. The van der Waals surface area contributed by atoms with Crippen LogP contribution < -0.4 is 4.74 Å². The minimum Gasteiger partial charge on any atom is -0.465 e. The Labute approximate surface area is 224 Å². The molecule has 38 heavy (non-hydrogen) atoms. The molecule has 0 aliphatic carbocycles. The molecule has 0 N–H and O–H groups in total. The fourth-order valence-corrected chi connectivity index (χ4v) is 4.54. The van der Waals surface area contributed by atoms with Crippen molar-refractivity contribution >= 4 is 0 Å². The monoisotopic (exact) mass is 510 g/mol. The summed E-state index contributed by atoms with van der Waals surface area (Å²) in [6, 6.07) is 40.2.